The number of phenolic OH excluding ortho intramolecular Hbond substituents is 1. The van der Waals surface area contributed by atoms with Gasteiger partial charge in [-0.25, -0.2) is 0 Å². The molecule has 0 saturated carbocycles. The molecule has 1 N–H and O–H groups in total. The Morgan fingerprint density at radius 3 is 2.21 bits per heavy atom. The highest BCUT2D eigenvalue weighted by Crippen LogP contribution is 2.28. The molecule has 0 aliphatic rings. The van der Waals surface area contributed by atoms with E-state index in [1.165, 1.54) is 39.5 Å². The minimum atomic E-state index is -0.661. The summed E-state index contributed by atoms with van der Waals surface area (Å²) in [5.74, 6) is -0.0932. The van der Waals surface area contributed by atoms with Gasteiger partial charge in [0.1, 0.15) is 11.5 Å². The van der Waals surface area contributed by atoms with Gasteiger partial charge in [0, 0.05) is 23.6 Å². The average Bonchev–Trinajstić information content (AvgIpc) is 2.61. The standard InChI is InChI=1S/C18H18O6/c1-22-13-6-4-11(14(19)10-13)8-15(20)18(21)12-5-7-16(23-2)17(9-12)24-3/h4-7,9-10,19H,8H2,1-3H3. The molecule has 0 saturated heterocycles. The molecule has 0 aliphatic heterocycles. The number of ether oxygens (including phenoxy) is 3. The molecule has 0 aromatic heterocycles. The Hall–Kier alpha value is -3.02. The van der Waals surface area contributed by atoms with Crippen LogP contribution in [0.4, 0.5) is 0 Å². The fourth-order valence-electron chi connectivity index (χ4n) is 2.21. The highest BCUT2D eigenvalue weighted by atomic mass is 16.5. The third-order valence-corrected chi connectivity index (χ3v) is 3.54. The summed E-state index contributed by atoms with van der Waals surface area (Å²) in [4.78, 5) is 24.5. The second-order valence-corrected chi connectivity index (χ2v) is 4.99. The van der Waals surface area contributed by atoms with Gasteiger partial charge in [0.25, 0.3) is 0 Å². The zero-order valence-corrected chi connectivity index (χ0v) is 13.7. The molecule has 6 heteroatoms. The zero-order chi connectivity index (χ0) is 17.7. The van der Waals surface area contributed by atoms with E-state index in [0.29, 0.717) is 22.8 Å². The molecule has 0 heterocycles. The van der Waals surface area contributed by atoms with Crippen molar-refractivity contribution in [2.45, 2.75) is 6.42 Å². The van der Waals surface area contributed by atoms with Crippen LogP contribution in [-0.2, 0) is 11.2 Å². The number of hydrogen-bond donors (Lipinski definition) is 1. The molecule has 0 radical (unpaired) electrons. The van der Waals surface area contributed by atoms with Crippen LogP contribution >= 0.6 is 0 Å². The number of ketones is 2. The summed E-state index contributed by atoms with van der Waals surface area (Å²) in [5.41, 5.74) is 0.556. The number of benzene rings is 2. The van der Waals surface area contributed by atoms with Crippen molar-refractivity contribution >= 4 is 11.6 Å². The van der Waals surface area contributed by atoms with Crippen molar-refractivity contribution in [3.8, 4) is 23.0 Å². The predicted molar refractivity (Wildman–Crippen MR) is 87.2 cm³/mol. The van der Waals surface area contributed by atoms with E-state index in [4.69, 9.17) is 14.2 Å². The molecule has 0 spiro atoms. The molecular formula is C18H18O6. The lowest BCUT2D eigenvalue weighted by Crippen LogP contribution is -2.17. The predicted octanol–water partition coefficient (Wildman–Crippen LogP) is 2.41. The smallest absolute Gasteiger partial charge is 0.229 e. The van der Waals surface area contributed by atoms with Gasteiger partial charge in [-0.1, -0.05) is 6.07 Å². The van der Waals surface area contributed by atoms with Crippen LogP contribution in [0.2, 0.25) is 0 Å². The average molecular weight is 330 g/mol. The van der Waals surface area contributed by atoms with Crippen LogP contribution in [0.5, 0.6) is 23.0 Å². The van der Waals surface area contributed by atoms with Gasteiger partial charge in [-0.05, 0) is 24.3 Å². The number of phenols is 1. The van der Waals surface area contributed by atoms with Crippen molar-refractivity contribution in [2.24, 2.45) is 0 Å². The van der Waals surface area contributed by atoms with Gasteiger partial charge in [-0.3, -0.25) is 9.59 Å². The highest BCUT2D eigenvalue weighted by molar-refractivity contribution is 6.44. The summed E-state index contributed by atoms with van der Waals surface area (Å²) in [5, 5.41) is 9.89. The van der Waals surface area contributed by atoms with E-state index in [1.807, 2.05) is 0 Å². The largest absolute Gasteiger partial charge is 0.508 e. The molecular weight excluding hydrogens is 312 g/mol. The topological polar surface area (TPSA) is 82.1 Å². The first-order valence-electron chi connectivity index (χ1n) is 7.15. The molecule has 2 aromatic carbocycles. The van der Waals surface area contributed by atoms with E-state index in [0.717, 1.165) is 0 Å². The van der Waals surface area contributed by atoms with Gasteiger partial charge >= 0.3 is 0 Å². The summed E-state index contributed by atoms with van der Waals surface area (Å²) in [7, 11) is 4.40. The number of carbonyl (C=O) groups is 2. The molecule has 0 fully saturated rings. The normalized spacial score (nSPS) is 10.1. The molecule has 0 amide bonds. The summed E-state index contributed by atoms with van der Waals surface area (Å²) in [6, 6.07) is 9.06. The zero-order valence-electron chi connectivity index (χ0n) is 13.7. The maximum Gasteiger partial charge on any atom is 0.229 e. The lowest BCUT2D eigenvalue weighted by Gasteiger charge is -2.09. The maximum absolute atomic E-state index is 12.3. The van der Waals surface area contributed by atoms with Crippen molar-refractivity contribution in [1.82, 2.24) is 0 Å². The van der Waals surface area contributed by atoms with Gasteiger partial charge in [-0.15, -0.1) is 0 Å². The van der Waals surface area contributed by atoms with Crippen molar-refractivity contribution < 1.29 is 28.9 Å². The van der Waals surface area contributed by atoms with E-state index in [1.54, 1.807) is 18.2 Å². The summed E-state index contributed by atoms with van der Waals surface area (Å²) in [6.45, 7) is 0. The Morgan fingerprint density at radius 2 is 1.62 bits per heavy atom. The SMILES string of the molecule is COc1ccc(CC(=O)C(=O)c2ccc(OC)c(OC)c2)c(O)c1. The van der Waals surface area contributed by atoms with E-state index < -0.39 is 11.6 Å². The maximum atomic E-state index is 12.3. The fraction of sp³-hybridized carbons (Fsp3) is 0.222. The number of Topliss-reactive ketones (excluding diaryl/α,β-unsaturated/α-hetero) is 2. The first kappa shape index (κ1) is 17.3. The van der Waals surface area contributed by atoms with Crippen molar-refractivity contribution in [2.75, 3.05) is 21.3 Å². The number of methoxy groups -OCH3 is 3. The van der Waals surface area contributed by atoms with E-state index in [-0.39, 0.29) is 17.7 Å². The minimum absolute atomic E-state index is 0.0946. The van der Waals surface area contributed by atoms with E-state index in [2.05, 4.69) is 0 Å². The lowest BCUT2D eigenvalue weighted by molar-refractivity contribution is -0.114. The summed E-state index contributed by atoms with van der Waals surface area (Å²) < 4.78 is 15.2. The van der Waals surface area contributed by atoms with Crippen LogP contribution in [0.15, 0.2) is 36.4 Å². The summed E-state index contributed by atoms with van der Waals surface area (Å²) in [6.07, 6.45) is -0.205. The Kier molecular flexibility index (Phi) is 5.42. The molecule has 24 heavy (non-hydrogen) atoms. The second kappa shape index (κ2) is 7.50. The molecule has 0 aliphatic carbocycles. The third kappa shape index (κ3) is 3.65. The first-order valence-corrected chi connectivity index (χ1v) is 7.15. The monoisotopic (exact) mass is 330 g/mol. The van der Waals surface area contributed by atoms with Crippen LogP contribution in [0.3, 0.4) is 0 Å². The Morgan fingerprint density at radius 1 is 0.917 bits per heavy atom. The highest BCUT2D eigenvalue weighted by Gasteiger charge is 2.20. The van der Waals surface area contributed by atoms with Gasteiger partial charge in [0.05, 0.1) is 21.3 Å². The van der Waals surface area contributed by atoms with Crippen LogP contribution in [0, 0.1) is 0 Å². The summed E-state index contributed by atoms with van der Waals surface area (Å²) >= 11 is 0. The van der Waals surface area contributed by atoms with Crippen LogP contribution in [0.1, 0.15) is 15.9 Å². The second-order valence-electron chi connectivity index (χ2n) is 4.99. The van der Waals surface area contributed by atoms with E-state index in [9.17, 15) is 14.7 Å². The van der Waals surface area contributed by atoms with Crippen LogP contribution < -0.4 is 14.2 Å². The molecule has 2 aromatic rings. The van der Waals surface area contributed by atoms with Gasteiger partial charge in [-0.2, -0.15) is 0 Å². The molecule has 0 bridgehead atoms. The number of carbonyl (C=O) groups excluding carboxylic acids is 2. The molecule has 0 unspecified atom stereocenters. The lowest BCUT2D eigenvalue weighted by atomic mass is 10.0. The van der Waals surface area contributed by atoms with E-state index >= 15 is 0 Å². The third-order valence-electron chi connectivity index (χ3n) is 3.54. The molecule has 0 atom stereocenters. The molecule has 126 valence electrons. The molecule has 2 rings (SSSR count). The van der Waals surface area contributed by atoms with Crippen molar-refractivity contribution in [3.63, 3.8) is 0 Å². The van der Waals surface area contributed by atoms with Crippen LogP contribution in [0.25, 0.3) is 0 Å². The number of rotatable bonds is 7. The van der Waals surface area contributed by atoms with Crippen molar-refractivity contribution in [3.05, 3.63) is 47.5 Å². The molecule has 6 nitrogen and oxygen atoms in total. The van der Waals surface area contributed by atoms with Gasteiger partial charge < -0.3 is 19.3 Å². The number of hydrogen-bond acceptors (Lipinski definition) is 6. The Balaban J connectivity index is 2.19. The first-order chi connectivity index (χ1) is 11.5. The van der Waals surface area contributed by atoms with Crippen LogP contribution in [-0.4, -0.2) is 38.0 Å². The number of aromatic hydroxyl groups is 1. The minimum Gasteiger partial charge on any atom is -0.508 e. The van der Waals surface area contributed by atoms with Gasteiger partial charge in [0.2, 0.25) is 11.6 Å². The van der Waals surface area contributed by atoms with Crippen molar-refractivity contribution in [1.29, 1.82) is 0 Å². The quantitative estimate of drug-likeness (QED) is 0.620. The Bertz CT molecular complexity index is 766. The Labute approximate surface area is 139 Å². The fourth-order valence-corrected chi connectivity index (χ4v) is 2.21. The van der Waals surface area contributed by atoms with Gasteiger partial charge in [0.15, 0.2) is 11.5 Å².